The standard InChI is InChI=1S/C23H24N2O7S2/c1-25(34(30,31)20-8-4-6-18(24)13-20)14-16-9-10-22(32-15-23(26)27)21(11-16)17-5-3-7-19(12-17)33(2,28)29/h3-13H,14-15,24H2,1-2H3,(H,26,27). The third-order valence-electron chi connectivity index (χ3n) is 4.94. The largest absolute Gasteiger partial charge is 0.481 e. The third kappa shape index (κ3) is 5.93. The summed E-state index contributed by atoms with van der Waals surface area (Å²) in [5.74, 6) is -0.953. The van der Waals surface area contributed by atoms with Gasteiger partial charge in [-0.1, -0.05) is 24.3 Å². The zero-order valence-electron chi connectivity index (χ0n) is 18.5. The lowest BCUT2D eigenvalue weighted by atomic mass is 10.0. The van der Waals surface area contributed by atoms with Crippen LogP contribution in [0, 0.1) is 0 Å². The lowest BCUT2D eigenvalue weighted by molar-refractivity contribution is -0.139. The first-order chi connectivity index (χ1) is 15.9. The topological polar surface area (TPSA) is 144 Å². The number of nitrogen functional groups attached to an aromatic ring is 1. The smallest absolute Gasteiger partial charge is 0.341 e. The number of ether oxygens (including phenoxy) is 1. The second kappa shape index (κ2) is 9.84. The third-order valence-corrected chi connectivity index (χ3v) is 7.85. The highest BCUT2D eigenvalue weighted by atomic mass is 32.2. The van der Waals surface area contributed by atoms with E-state index in [1.165, 1.54) is 37.4 Å². The summed E-state index contributed by atoms with van der Waals surface area (Å²) in [7, 11) is -5.89. The minimum atomic E-state index is -3.83. The van der Waals surface area contributed by atoms with Crippen LogP contribution >= 0.6 is 0 Å². The van der Waals surface area contributed by atoms with Crippen LogP contribution < -0.4 is 10.5 Å². The summed E-state index contributed by atoms with van der Waals surface area (Å²) >= 11 is 0. The van der Waals surface area contributed by atoms with Crippen molar-refractivity contribution in [2.45, 2.75) is 16.3 Å². The van der Waals surface area contributed by atoms with E-state index in [-0.39, 0.29) is 22.1 Å². The molecule has 0 spiro atoms. The first-order valence-electron chi connectivity index (χ1n) is 9.98. The summed E-state index contributed by atoms with van der Waals surface area (Å²) in [5.41, 5.74) is 7.53. The molecular formula is C23H24N2O7S2. The van der Waals surface area contributed by atoms with Crippen LogP contribution in [-0.2, 0) is 31.2 Å². The van der Waals surface area contributed by atoms with Crippen molar-refractivity contribution in [2.24, 2.45) is 0 Å². The molecule has 0 heterocycles. The predicted octanol–water partition coefficient (Wildman–Crippen LogP) is 2.62. The Labute approximate surface area is 198 Å². The predicted molar refractivity (Wildman–Crippen MR) is 128 cm³/mol. The molecule has 0 atom stereocenters. The second-order valence-corrected chi connectivity index (χ2v) is 11.7. The van der Waals surface area contributed by atoms with Crippen LogP contribution in [0.2, 0.25) is 0 Å². The quantitative estimate of drug-likeness (QED) is 0.423. The molecule has 9 nitrogen and oxygen atoms in total. The van der Waals surface area contributed by atoms with Crippen molar-refractivity contribution in [1.82, 2.24) is 4.31 Å². The molecule has 34 heavy (non-hydrogen) atoms. The van der Waals surface area contributed by atoms with Crippen molar-refractivity contribution in [1.29, 1.82) is 0 Å². The van der Waals surface area contributed by atoms with Crippen molar-refractivity contribution in [3.63, 3.8) is 0 Å². The average Bonchev–Trinajstić information content (AvgIpc) is 2.77. The van der Waals surface area contributed by atoms with Crippen LogP contribution in [0.5, 0.6) is 5.75 Å². The van der Waals surface area contributed by atoms with Crippen molar-refractivity contribution in [2.75, 3.05) is 25.6 Å². The van der Waals surface area contributed by atoms with Gasteiger partial charge in [-0.3, -0.25) is 0 Å². The lowest BCUT2D eigenvalue weighted by Gasteiger charge is -2.19. The van der Waals surface area contributed by atoms with Gasteiger partial charge in [-0.15, -0.1) is 0 Å². The molecule has 0 bridgehead atoms. The van der Waals surface area contributed by atoms with Crippen LogP contribution in [0.25, 0.3) is 11.1 Å². The number of rotatable bonds is 9. The summed E-state index contributed by atoms with van der Waals surface area (Å²) in [6.45, 7) is -0.600. The zero-order chi connectivity index (χ0) is 25.1. The Balaban J connectivity index is 2.01. The van der Waals surface area contributed by atoms with Crippen LogP contribution in [-0.4, -0.2) is 52.1 Å². The second-order valence-electron chi connectivity index (χ2n) is 7.65. The normalized spacial score (nSPS) is 12.0. The summed E-state index contributed by atoms with van der Waals surface area (Å²) in [4.78, 5) is 11.1. The van der Waals surface area contributed by atoms with Crippen LogP contribution in [0.4, 0.5) is 5.69 Å². The van der Waals surface area contributed by atoms with Gasteiger partial charge in [0.25, 0.3) is 0 Å². The fourth-order valence-corrected chi connectivity index (χ4v) is 5.14. The maximum Gasteiger partial charge on any atom is 0.341 e. The molecule has 0 aliphatic heterocycles. The van der Waals surface area contributed by atoms with Gasteiger partial charge < -0.3 is 15.6 Å². The van der Waals surface area contributed by atoms with E-state index >= 15 is 0 Å². The number of carboxylic acids is 1. The van der Waals surface area contributed by atoms with Gasteiger partial charge in [-0.25, -0.2) is 21.6 Å². The Morgan fingerprint density at radius 3 is 2.29 bits per heavy atom. The maximum absolute atomic E-state index is 13.0. The van der Waals surface area contributed by atoms with E-state index in [9.17, 15) is 21.6 Å². The molecule has 0 radical (unpaired) electrons. The number of nitrogens with zero attached hydrogens (tertiary/aromatic N) is 1. The molecule has 11 heteroatoms. The van der Waals surface area contributed by atoms with E-state index < -0.39 is 32.4 Å². The molecule has 3 aromatic rings. The van der Waals surface area contributed by atoms with Crippen LogP contribution in [0.3, 0.4) is 0 Å². The van der Waals surface area contributed by atoms with Crippen LogP contribution in [0.15, 0.2) is 76.5 Å². The number of anilines is 1. The van der Waals surface area contributed by atoms with E-state index in [1.54, 1.807) is 36.4 Å². The van der Waals surface area contributed by atoms with Gasteiger partial charge >= 0.3 is 5.97 Å². The van der Waals surface area contributed by atoms with Gasteiger partial charge in [0.15, 0.2) is 16.4 Å². The van der Waals surface area contributed by atoms with Gasteiger partial charge in [-0.2, -0.15) is 4.31 Å². The van der Waals surface area contributed by atoms with Crippen LogP contribution in [0.1, 0.15) is 5.56 Å². The van der Waals surface area contributed by atoms with Crippen molar-refractivity contribution in [3.05, 3.63) is 72.3 Å². The first kappa shape index (κ1) is 25.2. The highest BCUT2D eigenvalue weighted by Crippen LogP contribution is 2.33. The highest BCUT2D eigenvalue weighted by Gasteiger charge is 2.22. The van der Waals surface area contributed by atoms with Gasteiger partial charge in [0, 0.05) is 31.1 Å². The summed E-state index contributed by atoms with van der Waals surface area (Å²) in [5, 5.41) is 8.99. The average molecular weight is 505 g/mol. The number of aliphatic carboxylic acids is 1. The summed E-state index contributed by atoms with van der Waals surface area (Å²) < 4.78 is 56.5. The molecular weight excluding hydrogens is 480 g/mol. The highest BCUT2D eigenvalue weighted by molar-refractivity contribution is 7.90. The minimum Gasteiger partial charge on any atom is -0.481 e. The van der Waals surface area contributed by atoms with Crippen molar-refractivity contribution < 1.29 is 31.5 Å². The first-order valence-corrected chi connectivity index (χ1v) is 13.3. The van der Waals surface area contributed by atoms with Gasteiger partial charge in [0.05, 0.1) is 9.79 Å². The fourth-order valence-electron chi connectivity index (χ4n) is 3.26. The number of carbonyl (C=O) groups is 1. The summed E-state index contributed by atoms with van der Waals surface area (Å²) in [6, 6.07) is 16.9. The number of benzene rings is 3. The van der Waals surface area contributed by atoms with E-state index in [0.717, 1.165) is 10.6 Å². The van der Waals surface area contributed by atoms with Crippen molar-refractivity contribution >= 4 is 31.5 Å². The summed E-state index contributed by atoms with van der Waals surface area (Å²) in [6.07, 6.45) is 1.08. The number of hydrogen-bond acceptors (Lipinski definition) is 7. The minimum absolute atomic E-state index is 0.00485. The number of sulfone groups is 1. The Hall–Kier alpha value is -3.41. The van der Waals surface area contributed by atoms with Gasteiger partial charge in [-0.05, 0) is 53.6 Å². The molecule has 3 aromatic carbocycles. The van der Waals surface area contributed by atoms with E-state index in [0.29, 0.717) is 22.4 Å². The molecule has 0 aromatic heterocycles. The Bertz CT molecular complexity index is 1440. The Morgan fingerprint density at radius 1 is 0.971 bits per heavy atom. The molecule has 0 saturated carbocycles. The molecule has 3 rings (SSSR count). The molecule has 0 saturated heterocycles. The van der Waals surface area contributed by atoms with Crippen molar-refractivity contribution in [3.8, 4) is 16.9 Å². The molecule has 0 aliphatic rings. The number of carboxylic acid groups (broad SMARTS) is 1. The van der Waals surface area contributed by atoms with E-state index in [1.807, 2.05) is 0 Å². The molecule has 0 aliphatic carbocycles. The van der Waals surface area contributed by atoms with E-state index in [4.69, 9.17) is 15.6 Å². The Kier molecular flexibility index (Phi) is 7.29. The molecule has 0 fully saturated rings. The Morgan fingerprint density at radius 2 is 1.65 bits per heavy atom. The fraction of sp³-hybridized carbons (Fsp3) is 0.174. The maximum atomic E-state index is 13.0. The molecule has 0 unspecified atom stereocenters. The van der Waals surface area contributed by atoms with Gasteiger partial charge in [0.2, 0.25) is 10.0 Å². The molecule has 0 amide bonds. The van der Waals surface area contributed by atoms with E-state index in [2.05, 4.69) is 0 Å². The molecule has 3 N–H and O–H groups in total. The lowest BCUT2D eigenvalue weighted by Crippen LogP contribution is -2.26. The number of nitrogens with two attached hydrogens (primary N) is 1. The number of sulfonamides is 1. The SMILES string of the molecule is CN(Cc1ccc(OCC(=O)O)c(-c2cccc(S(C)(=O)=O)c2)c1)S(=O)(=O)c1cccc(N)c1. The number of hydrogen-bond donors (Lipinski definition) is 2. The monoisotopic (exact) mass is 504 g/mol. The van der Waals surface area contributed by atoms with Gasteiger partial charge in [0.1, 0.15) is 5.75 Å². The zero-order valence-corrected chi connectivity index (χ0v) is 20.1. The molecule has 180 valence electrons.